The van der Waals surface area contributed by atoms with Crippen LogP contribution in [0.25, 0.3) is 0 Å². The number of aromatic nitrogens is 1. The lowest BCUT2D eigenvalue weighted by molar-refractivity contribution is -0.132. The molecule has 2 rings (SSSR count). The smallest absolute Gasteiger partial charge is 0.360 e. The summed E-state index contributed by atoms with van der Waals surface area (Å²) in [4.78, 5) is 25.9. The first kappa shape index (κ1) is 20.0. The van der Waals surface area contributed by atoms with Crippen LogP contribution in [-0.4, -0.2) is 36.6 Å². The van der Waals surface area contributed by atoms with E-state index in [0.717, 1.165) is 5.56 Å². The Kier molecular flexibility index (Phi) is 6.99. The molecule has 2 aromatic rings. The minimum Gasteiger partial charge on any atom is -0.464 e. The molecular formula is C19H20FN3O4. The van der Waals surface area contributed by atoms with Crippen LogP contribution in [0.3, 0.4) is 0 Å². The first-order chi connectivity index (χ1) is 13.0. The van der Waals surface area contributed by atoms with E-state index in [9.17, 15) is 9.18 Å². The average molecular weight is 373 g/mol. The van der Waals surface area contributed by atoms with Crippen molar-refractivity contribution in [1.82, 2.24) is 4.98 Å². The van der Waals surface area contributed by atoms with E-state index in [1.165, 1.54) is 20.3 Å². The van der Waals surface area contributed by atoms with Gasteiger partial charge in [-0.05, 0) is 31.5 Å². The molecule has 0 aliphatic carbocycles. The standard InChI is InChI=1S/C19H20FN3O4/c1-12-7-5-8-14(18(23-26-4)19(24)25-3)15(12)11-27-22-13(2)16-9-6-10-17(20)21-16/h5-10H,11H2,1-4H3/b22-13+,23-18+. The number of pyridine rings is 1. The van der Waals surface area contributed by atoms with Crippen LogP contribution < -0.4 is 0 Å². The third-order valence-corrected chi connectivity index (χ3v) is 3.72. The van der Waals surface area contributed by atoms with Crippen molar-refractivity contribution < 1.29 is 23.6 Å². The number of hydrogen-bond donors (Lipinski definition) is 0. The van der Waals surface area contributed by atoms with E-state index in [0.29, 0.717) is 22.5 Å². The van der Waals surface area contributed by atoms with Crippen molar-refractivity contribution in [3.63, 3.8) is 0 Å². The number of carbonyl (C=O) groups is 1. The van der Waals surface area contributed by atoms with Crippen molar-refractivity contribution in [2.75, 3.05) is 14.2 Å². The molecule has 0 radical (unpaired) electrons. The first-order valence-corrected chi connectivity index (χ1v) is 8.05. The Morgan fingerprint density at radius 3 is 2.56 bits per heavy atom. The van der Waals surface area contributed by atoms with Gasteiger partial charge in [0, 0.05) is 11.1 Å². The van der Waals surface area contributed by atoms with Gasteiger partial charge in [-0.1, -0.05) is 34.6 Å². The molecule has 0 aliphatic rings. The normalized spacial score (nSPS) is 11.9. The second-order valence-electron chi connectivity index (χ2n) is 5.51. The van der Waals surface area contributed by atoms with Gasteiger partial charge in [0.05, 0.1) is 12.8 Å². The lowest BCUT2D eigenvalue weighted by Crippen LogP contribution is -2.20. The van der Waals surface area contributed by atoms with Gasteiger partial charge in [-0.25, -0.2) is 9.78 Å². The predicted octanol–water partition coefficient (Wildman–Crippen LogP) is 2.99. The van der Waals surface area contributed by atoms with E-state index in [2.05, 4.69) is 15.3 Å². The molecule has 0 amide bonds. The summed E-state index contributed by atoms with van der Waals surface area (Å²) >= 11 is 0. The van der Waals surface area contributed by atoms with Crippen LogP contribution in [0, 0.1) is 12.9 Å². The molecule has 0 atom stereocenters. The fourth-order valence-corrected chi connectivity index (χ4v) is 2.35. The van der Waals surface area contributed by atoms with Crippen molar-refractivity contribution in [3.05, 3.63) is 64.7 Å². The van der Waals surface area contributed by atoms with Gasteiger partial charge < -0.3 is 14.4 Å². The highest BCUT2D eigenvalue weighted by atomic mass is 19.1. The summed E-state index contributed by atoms with van der Waals surface area (Å²) in [5.41, 5.74) is 2.90. The van der Waals surface area contributed by atoms with Gasteiger partial charge in [0.25, 0.3) is 0 Å². The highest BCUT2D eigenvalue weighted by Crippen LogP contribution is 2.18. The largest absolute Gasteiger partial charge is 0.464 e. The van der Waals surface area contributed by atoms with Crippen LogP contribution >= 0.6 is 0 Å². The van der Waals surface area contributed by atoms with Crippen molar-refractivity contribution in [3.8, 4) is 0 Å². The van der Waals surface area contributed by atoms with Gasteiger partial charge in [0.2, 0.25) is 5.95 Å². The van der Waals surface area contributed by atoms with Crippen LogP contribution in [-0.2, 0) is 25.8 Å². The summed E-state index contributed by atoms with van der Waals surface area (Å²) in [6.45, 7) is 3.59. The maximum atomic E-state index is 13.2. The predicted molar refractivity (Wildman–Crippen MR) is 97.9 cm³/mol. The molecule has 8 heteroatoms. The van der Waals surface area contributed by atoms with Crippen LogP contribution in [0.4, 0.5) is 4.39 Å². The van der Waals surface area contributed by atoms with Crippen LogP contribution in [0.1, 0.15) is 29.3 Å². The average Bonchev–Trinajstić information content (AvgIpc) is 2.66. The van der Waals surface area contributed by atoms with E-state index in [1.807, 2.05) is 13.0 Å². The molecule has 0 saturated heterocycles. The highest BCUT2D eigenvalue weighted by molar-refractivity contribution is 6.43. The number of halogens is 1. The summed E-state index contributed by atoms with van der Waals surface area (Å²) < 4.78 is 18.0. The minimum atomic E-state index is -0.632. The van der Waals surface area contributed by atoms with Crippen molar-refractivity contribution >= 4 is 17.4 Å². The zero-order valence-electron chi connectivity index (χ0n) is 15.5. The Labute approximate surface area is 156 Å². The summed E-state index contributed by atoms with van der Waals surface area (Å²) in [5.74, 6) is -1.23. The second kappa shape index (κ2) is 9.42. The molecule has 0 aliphatic heterocycles. The number of carbonyl (C=O) groups excluding carboxylic acids is 1. The zero-order valence-corrected chi connectivity index (χ0v) is 15.5. The maximum absolute atomic E-state index is 13.2. The number of esters is 1. The topological polar surface area (TPSA) is 82.4 Å². The van der Waals surface area contributed by atoms with Gasteiger partial charge in [-0.15, -0.1) is 0 Å². The Hall–Kier alpha value is -3.29. The molecule has 1 heterocycles. The Morgan fingerprint density at radius 2 is 1.89 bits per heavy atom. The SMILES string of the molecule is CO/N=C(/C(=O)OC)c1cccc(C)c1CO/N=C(\C)c1cccc(F)n1. The third kappa shape index (κ3) is 5.10. The summed E-state index contributed by atoms with van der Waals surface area (Å²) in [5, 5.41) is 7.75. The van der Waals surface area contributed by atoms with E-state index in [1.54, 1.807) is 31.2 Å². The molecule has 0 unspecified atom stereocenters. The molecule has 27 heavy (non-hydrogen) atoms. The van der Waals surface area contributed by atoms with E-state index in [4.69, 9.17) is 14.4 Å². The molecule has 1 aromatic heterocycles. The van der Waals surface area contributed by atoms with E-state index >= 15 is 0 Å². The van der Waals surface area contributed by atoms with E-state index in [-0.39, 0.29) is 12.3 Å². The van der Waals surface area contributed by atoms with E-state index < -0.39 is 11.9 Å². The molecule has 0 fully saturated rings. The lowest BCUT2D eigenvalue weighted by atomic mass is 9.99. The number of ether oxygens (including phenoxy) is 1. The Bertz CT molecular complexity index is 881. The van der Waals surface area contributed by atoms with Crippen LogP contribution in [0.5, 0.6) is 0 Å². The number of rotatable bonds is 7. The van der Waals surface area contributed by atoms with Gasteiger partial charge >= 0.3 is 5.97 Å². The summed E-state index contributed by atoms with van der Waals surface area (Å²) in [6.07, 6.45) is 0. The lowest BCUT2D eigenvalue weighted by Gasteiger charge is -2.12. The van der Waals surface area contributed by atoms with Gasteiger partial charge in [0.1, 0.15) is 19.4 Å². The molecular weight excluding hydrogens is 353 g/mol. The van der Waals surface area contributed by atoms with Crippen LogP contribution in [0.2, 0.25) is 0 Å². The van der Waals surface area contributed by atoms with Gasteiger partial charge in [0.15, 0.2) is 5.71 Å². The highest BCUT2D eigenvalue weighted by Gasteiger charge is 2.20. The van der Waals surface area contributed by atoms with Crippen molar-refractivity contribution in [1.29, 1.82) is 0 Å². The number of benzene rings is 1. The Balaban J connectivity index is 2.27. The molecule has 0 saturated carbocycles. The molecule has 1 aromatic carbocycles. The summed E-state index contributed by atoms with van der Waals surface area (Å²) in [7, 11) is 2.60. The quantitative estimate of drug-likeness (QED) is 0.322. The zero-order chi connectivity index (χ0) is 19.8. The first-order valence-electron chi connectivity index (χ1n) is 8.05. The van der Waals surface area contributed by atoms with Crippen molar-refractivity contribution in [2.45, 2.75) is 20.5 Å². The minimum absolute atomic E-state index is 0.0230. The second-order valence-corrected chi connectivity index (χ2v) is 5.51. The van der Waals surface area contributed by atoms with Crippen molar-refractivity contribution in [2.24, 2.45) is 10.3 Å². The molecule has 0 N–H and O–H groups in total. The molecule has 0 bridgehead atoms. The monoisotopic (exact) mass is 373 g/mol. The molecule has 7 nitrogen and oxygen atoms in total. The number of methoxy groups -OCH3 is 1. The Morgan fingerprint density at radius 1 is 1.15 bits per heavy atom. The third-order valence-electron chi connectivity index (χ3n) is 3.72. The number of oxime groups is 2. The van der Waals surface area contributed by atoms with Crippen LogP contribution in [0.15, 0.2) is 46.7 Å². The number of aryl methyl sites for hydroxylation is 1. The molecule has 142 valence electrons. The van der Waals surface area contributed by atoms with Gasteiger partial charge in [-0.3, -0.25) is 0 Å². The fourth-order valence-electron chi connectivity index (χ4n) is 2.35. The summed E-state index contributed by atoms with van der Waals surface area (Å²) in [6, 6.07) is 9.79. The van der Waals surface area contributed by atoms with Gasteiger partial charge in [-0.2, -0.15) is 4.39 Å². The fraction of sp³-hybridized carbons (Fsp3) is 0.263. The molecule has 0 spiro atoms. The number of hydrogen-bond acceptors (Lipinski definition) is 7. The maximum Gasteiger partial charge on any atom is 0.360 e. The number of nitrogens with zero attached hydrogens (tertiary/aromatic N) is 3.